The van der Waals surface area contributed by atoms with E-state index in [1.54, 1.807) is 6.20 Å². The summed E-state index contributed by atoms with van der Waals surface area (Å²) in [5, 5.41) is 26.8. The number of aromatic nitrogens is 2. The maximum Gasteiger partial charge on any atom is 0.490 e. The number of hydrogen-bond acceptors (Lipinski definition) is 9. The van der Waals surface area contributed by atoms with Gasteiger partial charge in [0.05, 0.1) is 34.7 Å². The summed E-state index contributed by atoms with van der Waals surface area (Å²) in [4.78, 5) is 28.9. The molecule has 1 saturated heterocycles. The number of likely N-dealkylation sites (N-methyl/N-ethyl adjacent to an activating group) is 1. The summed E-state index contributed by atoms with van der Waals surface area (Å²) in [6, 6.07) is 13.0. The van der Waals surface area contributed by atoms with Gasteiger partial charge in [-0.05, 0) is 69.1 Å². The van der Waals surface area contributed by atoms with Gasteiger partial charge in [0.25, 0.3) is 0 Å². The van der Waals surface area contributed by atoms with Crippen molar-refractivity contribution in [1.82, 2.24) is 15.3 Å². The van der Waals surface area contributed by atoms with E-state index in [2.05, 4.69) is 10.3 Å². The van der Waals surface area contributed by atoms with E-state index in [0.29, 0.717) is 56.0 Å². The number of rotatable bonds is 9. The van der Waals surface area contributed by atoms with Crippen LogP contribution in [0.25, 0.3) is 11.3 Å². The van der Waals surface area contributed by atoms with Gasteiger partial charge in [-0.2, -0.15) is 44.8 Å². The van der Waals surface area contributed by atoms with Gasteiger partial charge in [0, 0.05) is 31.4 Å². The average Bonchev–Trinajstić information content (AvgIpc) is 3.08. The second-order valence-corrected chi connectivity index (χ2v) is 10.5. The number of pyridine rings is 2. The molecule has 0 bridgehead atoms. The Labute approximate surface area is 290 Å². The van der Waals surface area contributed by atoms with Gasteiger partial charge >= 0.3 is 30.5 Å². The van der Waals surface area contributed by atoms with Crippen molar-refractivity contribution < 1.29 is 68.8 Å². The Morgan fingerprint density at radius 3 is 2.04 bits per heavy atom. The number of nitrogens with zero attached hydrogens (tertiary/aromatic N) is 4. The topological polar surface area (TPSA) is 158 Å². The number of nitrogens with one attached hydrogen (secondary N) is 1. The smallest absolute Gasteiger partial charge is 0.477 e. The van der Waals surface area contributed by atoms with Crippen molar-refractivity contribution in [3.05, 3.63) is 65.4 Å². The monoisotopic (exact) mass is 753 g/mol. The highest BCUT2D eigenvalue weighted by molar-refractivity contribution is 5.73. The van der Waals surface area contributed by atoms with Gasteiger partial charge in [-0.1, -0.05) is 6.07 Å². The Morgan fingerprint density at radius 2 is 1.54 bits per heavy atom. The van der Waals surface area contributed by atoms with Crippen LogP contribution in [0.3, 0.4) is 0 Å². The molecule has 3 aromatic rings. The minimum atomic E-state index is -5.08. The highest BCUT2D eigenvalue weighted by atomic mass is 19.4. The first-order valence-electron chi connectivity index (χ1n) is 15.1. The minimum Gasteiger partial charge on any atom is -0.477 e. The number of alkyl halides is 9. The van der Waals surface area contributed by atoms with Crippen molar-refractivity contribution in [2.45, 2.75) is 44.2 Å². The van der Waals surface area contributed by atoms with Crippen LogP contribution in [0.5, 0.6) is 11.8 Å². The summed E-state index contributed by atoms with van der Waals surface area (Å²) < 4.78 is 115. The van der Waals surface area contributed by atoms with Crippen molar-refractivity contribution in [2.75, 3.05) is 44.8 Å². The highest BCUT2D eigenvalue weighted by Crippen LogP contribution is 2.39. The molecule has 1 fully saturated rings. The van der Waals surface area contributed by atoms with Crippen molar-refractivity contribution in [3.8, 4) is 29.1 Å². The quantitative estimate of drug-likeness (QED) is 0.158. The van der Waals surface area contributed by atoms with Crippen LogP contribution in [0.2, 0.25) is 0 Å². The zero-order valence-electron chi connectivity index (χ0n) is 27.4. The van der Waals surface area contributed by atoms with Crippen LogP contribution in [0, 0.1) is 11.3 Å². The van der Waals surface area contributed by atoms with E-state index in [4.69, 9.17) is 34.3 Å². The number of carboxylic acids is 2. The van der Waals surface area contributed by atoms with Crippen molar-refractivity contribution in [1.29, 1.82) is 5.26 Å². The summed E-state index contributed by atoms with van der Waals surface area (Å²) in [5.74, 6) is -4.30. The average molecular weight is 754 g/mol. The Kier molecular flexibility index (Phi) is 15.5. The first kappa shape index (κ1) is 42.8. The van der Waals surface area contributed by atoms with E-state index in [9.17, 15) is 44.8 Å². The van der Waals surface area contributed by atoms with Crippen LogP contribution < -0.4 is 19.7 Å². The molecule has 0 saturated carbocycles. The van der Waals surface area contributed by atoms with Crippen LogP contribution in [0.1, 0.15) is 42.4 Å². The molecule has 1 aliphatic heterocycles. The van der Waals surface area contributed by atoms with Crippen LogP contribution in [0.4, 0.5) is 45.2 Å². The third-order valence-electron chi connectivity index (χ3n) is 7.01. The maximum absolute atomic E-state index is 13.1. The van der Waals surface area contributed by atoms with Crippen LogP contribution in [-0.2, 0) is 15.8 Å². The zero-order valence-corrected chi connectivity index (χ0v) is 27.4. The Hall–Kier alpha value is -5.32. The second-order valence-electron chi connectivity index (χ2n) is 10.5. The largest absolute Gasteiger partial charge is 0.490 e. The molecule has 1 aliphatic rings. The predicted molar refractivity (Wildman–Crippen MR) is 166 cm³/mol. The van der Waals surface area contributed by atoms with E-state index in [1.807, 2.05) is 49.2 Å². The molecule has 0 spiro atoms. The van der Waals surface area contributed by atoms with Crippen LogP contribution >= 0.6 is 0 Å². The third kappa shape index (κ3) is 12.8. The van der Waals surface area contributed by atoms with Crippen molar-refractivity contribution in [2.24, 2.45) is 0 Å². The number of benzene rings is 1. The third-order valence-corrected chi connectivity index (χ3v) is 7.01. The van der Waals surface area contributed by atoms with Crippen molar-refractivity contribution >= 4 is 17.6 Å². The minimum absolute atomic E-state index is 0.0296. The fraction of sp³-hybridized carbons (Fsp3) is 0.406. The Balaban J connectivity index is 0.000000564. The molecule has 3 N–H and O–H groups in total. The normalized spacial score (nSPS) is 13.5. The van der Waals surface area contributed by atoms with Gasteiger partial charge < -0.3 is 29.9 Å². The van der Waals surface area contributed by atoms with Gasteiger partial charge in [0.15, 0.2) is 0 Å². The molecule has 1 aromatic carbocycles. The maximum atomic E-state index is 13.1. The number of anilines is 1. The summed E-state index contributed by atoms with van der Waals surface area (Å²) >= 11 is 0. The van der Waals surface area contributed by atoms with E-state index < -0.39 is 36.0 Å². The number of nitriles is 1. The predicted octanol–water partition coefficient (Wildman–Crippen LogP) is 6.68. The lowest BCUT2D eigenvalue weighted by atomic mass is 9.89. The molecule has 0 radical (unpaired) electrons. The van der Waals surface area contributed by atoms with Gasteiger partial charge in [-0.3, -0.25) is 0 Å². The molecule has 284 valence electrons. The molecule has 11 nitrogen and oxygen atoms in total. The molecule has 20 heteroatoms. The first-order chi connectivity index (χ1) is 24.2. The number of aliphatic carboxylic acids is 2. The summed E-state index contributed by atoms with van der Waals surface area (Å²) in [6.45, 7) is 4.68. The van der Waals surface area contributed by atoms with Gasteiger partial charge in [0.1, 0.15) is 12.7 Å². The molecule has 0 unspecified atom stereocenters. The number of carboxylic acid groups (broad SMARTS) is 2. The zero-order chi connectivity index (χ0) is 39.3. The fourth-order valence-corrected chi connectivity index (χ4v) is 4.62. The highest BCUT2D eigenvalue weighted by Gasteiger charge is 2.39. The molecular weight excluding hydrogens is 721 g/mol. The number of halogens is 9. The SMILES string of the molecule is CCOc1ncccc1-c1ccc(C2CCN(c3ccc(C(F)(F)F)cc3C#N)CC2)c(OCCNC)n1.O=C(O)C(F)(F)F.O=C(O)C(F)(F)F. The lowest BCUT2D eigenvalue weighted by Gasteiger charge is -2.34. The van der Waals surface area contributed by atoms with Crippen molar-refractivity contribution in [3.63, 3.8) is 0 Å². The van der Waals surface area contributed by atoms with Gasteiger partial charge in [0.2, 0.25) is 11.8 Å². The summed E-state index contributed by atoms with van der Waals surface area (Å²) in [6.07, 6.45) is -11.5. The second kappa shape index (κ2) is 18.8. The molecule has 4 rings (SSSR count). The number of ether oxygens (including phenoxy) is 2. The van der Waals surface area contributed by atoms with E-state index >= 15 is 0 Å². The molecule has 0 amide bonds. The van der Waals surface area contributed by atoms with Crippen LogP contribution in [0.15, 0.2) is 48.7 Å². The lowest BCUT2D eigenvalue weighted by molar-refractivity contribution is -0.193. The van der Waals surface area contributed by atoms with Gasteiger partial charge in [-0.25, -0.2) is 19.6 Å². The van der Waals surface area contributed by atoms with E-state index in [-0.39, 0.29) is 11.5 Å². The number of carbonyl (C=O) groups is 2. The Bertz CT molecular complexity index is 1660. The first-order valence-corrected chi connectivity index (χ1v) is 15.1. The summed E-state index contributed by atoms with van der Waals surface area (Å²) in [5.41, 5.74) is 2.20. The van der Waals surface area contributed by atoms with E-state index in [0.717, 1.165) is 36.1 Å². The number of piperidine rings is 1. The fourth-order valence-electron chi connectivity index (χ4n) is 4.62. The molecule has 52 heavy (non-hydrogen) atoms. The Morgan fingerprint density at radius 1 is 0.942 bits per heavy atom. The lowest BCUT2D eigenvalue weighted by Crippen LogP contribution is -2.33. The van der Waals surface area contributed by atoms with E-state index in [1.165, 1.54) is 6.07 Å². The van der Waals surface area contributed by atoms with Gasteiger partial charge in [-0.15, -0.1) is 0 Å². The molecular formula is C32H32F9N5O6. The molecule has 2 aromatic heterocycles. The molecule has 0 aliphatic carbocycles. The molecule has 3 heterocycles. The number of hydrogen-bond donors (Lipinski definition) is 3. The van der Waals surface area contributed by atoms with Crippen LogP contribution in [-0.4, -0.2) is 84.4 Å². The standard InChI is InChI=1S/C28H30F3N5O2.2C2HF3O2/c1-3-37-26-23(5-4-12-34-26)24-8-7-22(27(35-24)38-16-13-33-2)19-10-14-36(15-11-19)25-9-6-21(28(29,30)31)17-20(25)18-32;2*3-2(4,5)1(6)7/h4-9,12,17,19,33H,3,10-11,13-16H2,1-2H3;2*(H,6,7). The molecule has 0 atom stereocenters. The summed E-state index contributed by atoms with van der Waals surface area (Å²) in [7, 11) is 1.85.